The van der Waals surface area contributed by atoms with Gasteiger partial charge in [0.1, 0.15) is 0 Å². The fourth-order valence-electron chi connectivity index (χ4n) is 1.57. The van der Waals surface area contributed by atoms with Gasteiger partial charge in [-0.05, 0) is 0 Å². The molecular formula is C9H16N4O. The smallest absolute Gasteiger partial charge is 0.0947 e. The van der Waals surface area contributed by atoms with Crippen molar-refractivity contribution in [3.8, 4) is 0 Å². The number of β-amino-alcohol motifs (C(OH)–C–C–N with tert-alkyl or cyclic N) is 1. The van der Waals surface area contributed by atoms with Gasteiger partial charge < -0.3 is 9.67 Å². The number of hydrogen-bond donors (Lipinski definition) is 2. The third-order valence-corrected chi connectivity index (χ3v) is 2.34. The van der Waals surface area contributed by atoms with Crippen LogP contribution in [0.2, 0.25) is 0 Å². The Balaban J connectivity index is 1.63. The zero-order valence-electron chi connectivity index (χ0n) is 8.35. The second-order valence-electron chi connectivity index (χ2n) is 3.81. The molecular weight excluding hydrogens is 180 g/mol. The average Bonchev–Trinajstić information content (AvgIpc) is 2.48. The highest BCUT2D eigenvalue weighted by Gasteiger charge is 2.23. The second kappa shape index (κ2) is 4.08. The van der Waals surface area contributed by atoms with E-state index in [0.717, 1.165) is 32.0 Å². The van der Waals surface area contributed by atoms with Gasteiger partial charge in [-0.3, -0.25) is 10.2 Å². The Morgan fingerprint density at radius 2 is 2.43 bits per heavy atom. The Morgan fingerprint density at radius 1 is 1.64 bits per heavy atom. The van der Waals surface area contributed by atoms with E-state index >= 15 is 0 Å². The molecule has 5 heteroatoms. The standard InChI is InChI=1S/C9H16N4O/c1-12-3-8(11-7-12)2-10-6-13-4-9(14)5-13/h3,7,9-10,14H,2,4-6H2,1H3. The molecule has 14 heavy (non-hydrogen) atoms. The van der Waals surface area contributed by atoms with Crippen molar-refractivity contribution in [3.05, 3.63) is 18.2 Å². The van der Waals surface area contributed by atoms with E-state index < -0.39 is 0 Å². The SMILES string of the molecule is Cn1cnc(CNCN2CC(O)C2)c1. The van der Waals surface area contributed by atoms with Gasteiger partial charge in [0.05, 0.1) is 18.1 Å². The fourth-order valence-corrected chi connectivity index (χ4v) is 1.57. The first kappa shape index (κ1) is 9.64. The quantitative estimate of drug-likeness (QED) is 0.658. The zero-order chi connectivity index (χ0) is 9.97. The summed E-state index contributed by atoms with van der Waals surface area (Å²) in [5.74, 6) is 0. The van der Waals surface area contributed by atoms with E-state index in [1.54, 1.807) is 6.33 Å². The van der Waals surface area contributed by atoms with Crippen LogP contribution in [0, 0.1) is 0 Å². The van der Waals surface area contributed by atoms with E-state index in [0.29, 0.717) is 0 Å². The predicted molar refractivity (Wildman–Crippen MR) is 52.5 cm³/mol. The number of nitrogens with zero attached hydrogens (tertiary/aromatic N) is 3. The Morgan fingerprint density at radius 3 is 3.00 bits per heavy atom. The molecule has 2 rings (SSSR count). The molecule has 1 saturated heterocycles. The summed E-state index contributed by atoms with van der Waals surface area (Å²) in [7, 11) is 1.96. The molecule has 0 bridgehead atoms. The van der Waals surface area contributed by atoms with Crippen molar-refractivity contribution in [3.63, 3.8) is 0 Å². The summed E-state index contributed by atoms with van der Waals surface area (Å²) in [6, 6.07) is 0. The van der Waals surface area contributed by atoms with Crippen LogP contribution in [0.25, 0.3) is 0 Å². The summed E-state index contributed by atoms with van der Waals surface area (Å²) >= 11 is 0. The number of likely N-dealkylation sites (tertiary alicyclic amines) is 1. The summed E-state index contributed by atoms with van der Waals surface area (Å²) in [5.41, 5.74) is 1.05. The van der Waals surface area contributed by atoms with Gasteiger partial charge in [0.25, 0.3) is 0 Å². The topological polar surface area (TPSA) is 53.3 Å². The molecule has 0 amide bonds. The number of aliphatic hydroxyl groups excluding tert-OH is 1. The number of rotatable bonds is 4. The van der Waals surface area contributed by atoms with Crippen LogP contribution >= 0.6 is 0 Å². The predicted octanol–water partition coefficient (Wildman–Crippen LogP) is -0.856. The summed E-state index contributed by atoms with van der Waals surface area (Å²) in [6.45, 7) is 3.19. The molecule has 1 aliphatic rings. The Hall–Kier alpha value is -0.910. The first-order valence-electron chi connectivity index (χ1n) is 4.82. The zero-order valence-corrected chi connectivity index (χ0v) is 8.35. The molecule has 1 aliphatic heterocycles. The number of aromatic nitrogens is 2. The van der Waals surface area contributed by atoms with Crippen molar-refractivity contribution in [2.75, 3.05) is 19.8 Å². The van der Waals surface area contributed by atoms with Crippen LogP contribution in [0.5, 0.6) is 0 Å². The summed E-state index contributed by atoms with van der Waals surface area (Å²) < 4.78 is 1.93. The van der Waals surface area contributed by atoms with E-state index in [-0.39, 0.29) is 6.10 Å². The molecule has 0 radical (unpaired) electrons. The lowest BCUT2D eigenvalue weighted by atomic mass is 10.2. The van der Waals surface area contributed by atoms with Gasteiger partial charge in [0.15, 0.2) is 0 Å². The molecule has 1 aromatic heterocycles. The van der Waals surface area contributed by atoms with Gasteiger partial charge in [0, 0.05) is 39.5 Å². The minimum absolute atomic E-state index is 0.119. The number of aryl methyl sites for hydroxylation is 1. The highest BCUT2D eigenvalue weighted by molar-refractivity contribution is 4.95. The molecule has 0 spiro atoms. The first-order valence-corrected chi connectivity index (χ1v) is 4.82. The van der Waals surface area contributed by atoms with Gasteiger partial charge in [0.2, 0.25) is 0 Å². The summed E-state index contributed by atoms with van der Waals surface area (Å²) in [4.78, 5) is 6.36. The maximum atomic E-state index is 9.05. The van der Waals surface area contributed by atoms with Crippen molar-refractivity contribution < 1.29 is 5.11 Å². The van der Waals surface area contributed by atoms with Gasteiger partial charge in [-0.1, -0.05) is 0 Å². The maximum Gasteiger partial charge on any atom is 0.0947 e. The lowest BCUT2D eigenvalue weighted by Gasteiger charge is -2.35. The fraction of sp³-hybridized carbons (Fsp3) is 0.667. The first-order chi connectivity index (χ1) is 6.74. The lowest BCUT2D eigenvalue weighted by Crippen LogP contribution is -2.53. The molecule has 2 N–H and O–H groups in total. The molecule has 0 atom stereocenters. The van der Waals surface area contributed by atoms with Crippen molar-refractivity contribution in [2.24, 2.45) is 7.05 Å². The van der Waals surface area contributed by atoms with Crippen LogP contribution in [-0.4, -0.2) is 45.4 Å². The van der Waals surface area contributed by atoms with Crippen molar-refractivity contribution in [1.29, 1.82) is 0 Å². The molecule has 78 valence electrons. The van der Waals surface area contributed by atoms with E-state index in [1.165, 1.54) is 0 Å². The van der Waals surface area contributed by atoms with Gasteiger partial charge in [-0.2, -0.15) is 0 Å². The molecule has 0 saturated carbocycles. The van der Waals surface area contributed by atoms with Crippen LogP contribution in [0.1, 0.15) is 5.69 Å². The van der Waals surface area contributed by atoms with Crippen molar-refractivity contribution in [1.82, 2.24) is 19.8 Å². The molecule has 0 unspecified atom stereocenters. The van der Waals surface area contributed by atoms with Crippen molar-refractivity contribution >= 4 is 0 Å². The normalized spacial score (nSPS) is 18.4. The Kier molecular flexibility index (Phi) is 2.81. The minimum Gasteiger partial charge on any atom is -0.390 e. The number of imidazole rings is 1. The third-order valence-electron chi connectivity index (χ3n) is 2.34. The Bertz CT molecular complexity index is 293. The van der Waals surface area contributed by atoms with E-state index in [2.05, 4.69) is 15.2 Å². The van der Waals surface area contributed by atoms with Gasteiger partial charge >= 0.3 is 0 Å². The highest BCUT2D eigenvalue weighted by atomic mass is 16.3. The monoisotopic (exact) mass is 196 g/mol. The molecule has 2 heterocycles. The number of nitrogens with one attached hydrogen (secondary N) is 1. The molecule has 0 aliphatic carbocycles. The van der Waals surface area contributed by atoms with Gasteiger partial charge in [-0.25, -0.2) is 4.98 Å². The summed E-state index contributed by atoms with van der Waals surface area (Å²) in [6.07, 6.45) is 3.68. The second-order valence-corrected chi connectivity index (χ2v) is 3.81. The van der Waals surface area contributed by atoms with Crippen LogP contribution in [0.3, 0.4) is 0 Å². The molecule has 1 fully saturated rings. The maximum absolute atomic E-state index is 9.05. The van der Waals surface area contributed by atoms with E-state index in [9.17, 15) is 0 Å². The van der Waals surface area contributed by atoms with Crippen LogP contribution in [-0.2, 0) is 13.6 Å². The molecule has 5 nitrogen and oxygen atoms in total. The molecule has 1 aromatic rings. The van der Waals surface area contributed by atoms with Crippen LogP contribution in [0.4, 0.5) is 0 Å². The van der Waals surface area contributed by atoms with Gasteiger partial charge in [-0.15, -0.1) is 0 Å². The minimum atomic E-state index is -0.119. The summed E-state index contributed by atoms with van der Waals surface area (Å²) in [5, 5.41) is 12.3. The largest absolute Gasteiger partial charge is 0.390 e. The highest BCUT2D eigenvalue weighted by Crippen LogP contribution is 2.04. The van der Waals surface area contributed by atoms with E-state index in [4.69, 9.17) is 5.11 Å². The third kappa shape index (κ3) is 2.31. The Labute approximate surface area is 83.4 Å². The molecule has 0 aromatic carbocycles. The van der Waals surface area contributed by atoms with Crippen molar-refractivity contribution in [2.45, 2.75) is 12.6 Å². The lowest BCUT2D eigenvalue weighted by molar-refractivity contribution is -0.00262. The number of hydrogen-bond acceptors (Lipinski definition) is 4. The number of aliphatic hydroxyl groups is 1. The van der Waals surface area contributed by atoms with Crippen LogP contribution in [0.15, 0.2) is 12.5 Å². The van der Waals surface area contributed by atoms with E-state index in [1.807, 2.05) is 17.8 Å². The van der Waals surface area contributed by atoms with Crippen LogP contribution < -0.4 is 5.32 Å². The average molecular weight is 196 g/mol.